The average Bonchev–Trinajstić information content (AvgIpc) is 2.32. The molecule has 0 aliphatic rings. The third-order valence-corrected chi connectivity index (χ3v) is 2.96. The molecule has 17 heavy (non-hydrogen) atoms. The molecule has 1 rings (SSSR count). The third-order valence-electron chi connectivity index (χ3n) is 2.96. The molecule has 0 fully saturated rings. The van der Waals surface area contributed by atoms with Gasteiger partial charge in [0.2, 0.25) is 0 Å². The van der Waals surface area contributed by atoms with Crippen LogP contribution in [0.15, 0.2) is 0 Å². The van der Waals surface area contributed by atoms with Crippen molar-refractivity contribution in [1.82, 2.24) is 9.97 Å². The van der Waals surface area contributed by atoms with Gasteiger partial charge in [0.25, 0.3) is 0 Å². The van der Waals surface area contributed by atoms with E-state index in [2.05, 4.69) is 15.3 Å². The number of aryl methyl sites for hydroxylation is 1. The molecule has 0 saturated heterocycles. The van der Waals surface area contributed by atoms with Crippen molar-refractivity contribution in [3.63, 3.8) is 0 Å². The lowest BCUT2D eigenvalue weighted by Crippen LogP contribution is -2.45. The lowest BCUT2D eigenvalue weighted by Gasteiger charge is -2.31. The third kappa shape index (κ3) is 2.83. The van der Waals surface area contributed by atoms with E-state index in [1.54, 1.807) is 13.8 Å². The van der Waals surface area contributed by atoms with Crippen LogP contribution in [-0.4, -0.2) is 38.9 Å². The average molecular weight is 240 g/mol. The topological polar surface area (TPSA) is 104 Å². The molecule has 96 valence electrons. The van der Waals surface area contributed by atoms with Gasteiger partial charge in [-0.15, -0.1) is 0 Å². The number of nitrogen functional groups attached to an aromatic ring is 1. The zero-order valence-electron chi connectivity index (χ0n) is 10.5. The summed E-state index contributed by atoms with van der Waals surface area (Å²) in [6, 6.07) is 0. The summed E-state index contributed by atoms with van der Waals surface area (Å²) in [5, 5.41) is 21.8. The first kappa shape index (κ1) is 13.7. The van der Waals surface area contributed by atoms with Crippen LogP contribution in [0.2, 0.25) is 0 Å². The van der Waals surface area contributed by atoms with Crippen LogP contribution in [0.1, 0.15) is 24.7 Å². The summed E-state index contributed by atoms with van der Waals surface area (Å²) < 4.78 is 0. The van der Waals surface area contributed by atoms with Crippen LogP contribution >= 0.6 is 0 Å². The molecule has 6 nitrogen and oxygen atoms in total. The second kappa shape index (κ2) is 5.29. The summed E-state index contributed by atoms with van der Waals surface area (Å²) >= 11 is 0. The molecule has 0 unspecified atom stereocenters. The molecule has 6 heteroatoms. The molecule has 0 aliphatic carbocycles. The highest BCUT2D eigenvalue weighted by Gasteiger charge is 2.27. The molecule has 0 aliphatic heterocycles. The zero-order chi connectivity index (χ0) is 13.1. The highest BCUT2D eigenvalue weighted by Crippen LogP contribution is 2.22. The van der Waals surface area contributed by atoms with Gasteiger partial charge in [-0.3, -0.25) is 0 Å². The maximum atomic E-state index is 9.37. The Bertz CT molecular complexity index is 383. The van der Waals surface area contributed by atoms with Crippen LogP contribution < -0.4 is 11.1 Å². The Morgan fingerprint density at radius 1 is 1.24 bits per heavy atom. The smallest absolute Gasteiger partial charge is 0.135 e. The summed E-state index contributed by atoms with van der Waals surface area (Å²) in [5.74, 6) is 1.51. The predicted octanol–water partition coefficient (Wildman–Crippen LogP) is 0.221. The van der Waals surface area contributed by atoms with Gasteiger partial charge in [0.05, 0.1) is 18.8 Å². The first-order valence-corrected chi connectivity index (χ1v) is 5.58. The van der Waals surface area contributed by atoms with Crippen molar-refractivity contribution in [2.24, 2.45) is 0 Å². The van der Waals surface area contributed by atoms with Gasteiger partial charge < -0.3 is 21.3 Å². The molecule has 5 N–H and O–H groups in total. The van der Waals surface area contributed by atoms with E-state index < -0.39 is 5.54 Å². The van der Waals surface area contributed by atoms with Gasteiger partial charge in [0.15, 0.2) is 0 Å². The van der Waals surface area contributed by atoms with E-state index in [-0.39, 0.29) is 13.2 Å². The largest absolute Gasteiger partial charge is 0.394 e. The molecular formula is C11H20N4O2. The Balaban J connectivity index is 3.09. The molecule has 0 aromatic carbocycles. The maximum absolute atomic E-state index is 9.37. The number of nitrogens with two attached hydrogens (primary N) is 1. The van der Waals surface area contributed by atoms with Crippen LogP contribution in [0.3, 0.4) is 0 Å². The van der Waals surface area contributed by atoms with Crippen molar-refractivity contribution in [1.29, 1.82) is 0 Å². The second-order valence-corrected chi connectivity index (χ2v) is 4.20. The Morgan fingerprint density at radius 2 is 1.82 bits per heavy atom. The van der Waals surface area contributed by atoms with E-state index in [0.29, 0.717) is 23.9 Å². The van der Waals surface area contributed by atoms with Gasteiger partial charge in [-0.25, -0.2) is 9.97 Å². The fourth-order valence-electron chi connectivity index (χ4n) is 1.46. The Labute approximate surface area is 101 Å². The Kier molecular flexibility index (Phi) is 4.25. The molecule has 1 heterocycles. The van der Waals surface area contributed by atoms with Gasteiger partial charge in [-0.2, -0.15) is 0 Å². The zero-order valence-corrected chi connectivity index (χ0v) is 10.5. The number of aromatic nitrogens is 2. The highest BCUT2D eigenvalue weighted by molar-refractivity contribution is 5.56. The summed E-state index contributed by atoms with van der Waals surface area (Å²) in [7, 11) is 0. The number of aliphatic hydroxyl groups is 2. The van der Waals surface area contributed by atoms with Crippen LogP contribution in [0, 0.1) is 13.8 Å². The first-order valence-electron chi connectivity index (χ1n) is 5.58. The lowest BCUT2D eigenvalue weighted by atomic mass is 9.98. The number of aliphatic hydroxyl groups excluding tert-OH is 2. The lowest BCUT2D eigenvalue weighted by molar-refractivity contribution is 0.132. The number of rotatable bonds is 5. The van der Waals surface area contributed by atoms with Gasteiger partial charge in [0.1, 0.15) is 17.5 Å². The SMILES string of the molecule is CCC(CO)(CO)Nc1nc(C)nc(N)c1C. The second-order valence-electron chi connectivity index (χ2n) is 4.20. The number of nitrogens with one attached hydrogen (secondary N) is 1. The standard InChI is InChI=1S/C11H20N4O2/c1-4-11(5-16,6-17)15-10-7(2)9(12)13-8(3)14-10/h16-17H,4-6H2,1-3H3,(H3,12,13,14,15). The van der Waals surface area contributed by atoms with Crippen molar-refractivity contribution in [2.75, 3.05) is 24.3 Å². The van der Waals surface area contributed by atoms with E-state index >= 15 is 0 Å². The molecular weight excluding hydrogens is 220 g/mol. The van der Waals surface area contributed by atoms with Crippen molar-refractivity contribution in [3.8, 4) is 0 Å². The van der Waals surface area contributed by atoms with E-state index in [1.165, 1.54) is 0 Å². The van der Waals surface area contributed by atoms with Crippen molar-refractivity contribution < 1.29 is 10.2 Å². The van der Waals surface area contributed by atoms with Gasteiger partial charge in [-0.1, -0.05) is 6.92 Å². The summed E-state index contributed by atoms with van der Waals surface area (Å²) in [4.78, 5) is 8.28. The normalized spacial score (nSPS) is 11.6. The van der Waals surface area contributed by atoms with Crippen LogP contribution in [0.25, 0.3) is 0 Å². The van der Waals surface area contributed by atoms with Gasteiger partial charge in [-0.05, 0) is 20.3 Å². The summed E-state index contributed by atoms with van der Waals surface area (Å²) in [6.07, 6.45) is 0.572. The van der Waals surface area contributed by atoms with Gasteiger partial charge in [0, 0.05) is 5.56 Å². The van der Waals surface area contributed by atoms with Crippen molar-refractivity contribution >= 4 is 11.6 Å². The van der Waals surface area contributed by atoms with Crippen LogP contribution in [0.5, 0.6) is 0 Å². The van der Waals surface area contributed by atoms with E-state index in [9.17, 15) is 10.2 Å². The molecule has 1 aromatic heterocycles. The predicted molar refractivity (Wildman–Crippen MR) is 66.7 cm³/mol. The first-order chi connectivity index (χ1) is 7.98. The number of nitrogens with zero attached hydrogens (tertiary/aromatic N) is 2. The van der Waals surface area contributed by atoms with E-state index in [0.717, 1.165) is 5.56 Å². The monoisotopic (exact) mass is 240 g/mol. The Hall–Kier alpha value is -1.40. The minimum absolute atomic E-state index is 0.178. The number of hydrogen-bond donors (Lipinski definition) is 4. The summed E-state index contributed by atoms with van der Waals surface area (Å²) in [5.41, 5.74) is 5.69. The Morgan fingerprint density at radius 3 is 2.29 bits per heavy atom. The van der Waals surface area contributed by atoms with E-state index in [1.807, 2.05) is 6.92 Å². The highest BCUT2D eigenvalue weighted by atomic mass is 16.3. The maximum Gasteiger partial charge on any atom is 0.135 e. The molecule has 0 spiro atoms. The molecule has 0 saturated carbocycles. The quantitative estimate of drug-likeness (QED) is 0.587. The fraction of sp³-hybridized carbons (Fsp3) is 0.636. The number of anilines is 2. The van der Waals surface area contributed by atoms with Crippen molar-refractivity contribution in [2.45, 2.75) is 32.7 Å². The minimum atomic E-state index is -0.780. The molecule has 1 aromatic rings. The minimum Gasteiger partial charge on any atom is -0.394 e. The molecule has 0 bridgehead atoms. The number of hydrogen-bond acceptors (Lipinski definition) is 6. The van der Waals surface area contributed by atoms with Crippen molar-refractivity contribution in [3.05, 3.63) is 11.4 Å². The fourth-order valence-corrected chi connectivity index (χ4v) is 1.46. The van der Waals surface area contributed by atoms with Crippen LogP contribution in [0.4, 0.5) is 11.6 Å². The van der Waals surface area contributed by atoms with Gasteiger partial charge >= 0.3 is 0 Å². The molecule has 0 radical (unpaired) electrons. The van der Waals surface area contributed by atoms with Crippen LogP contribution in [-0.2, 0) is 0 Å². The molecule has 0 atom stereocenters. The summed E-state index contributed by atoms with van der Waals surface area (Å²) in [6.45, 7) is 5.07. The molecule has 0 amide bonds. The van der Waals surface area contributed by atoms with E-state index in [4.69, 9.17) is 5.73 Å².